The molecule has 1 amide bonds. The van der Waals surface area contributed by atoms with Crippen molar-refractivity contribution in [1.82, 2.24) is 15.3 Å². The van der Waals surface area contributed by atoms with Crippen LogP contribution in [0.2, 0.25) is 0 Å². The fourth-order valence-electron chi connectivity index (χ4n) is 3.85. The predicted molar refractivity (Wildman–Crippen MR) is 103 cm³/mol. The molecule has 1 aliphatic carbocycles. The third-order valence-electron chi connectivity index (χ3n) is 5.30. The minimum atomic E-state index is -0.129. The highest BCUT2D eigenvalue weighted by molar-refractivity contribution is 5.77. The zero-order valence-electron chi connectivity index (χ0n) is 15.2. The fraction of sp³-hybridized carbons (Fsp3) is 0.550. The van der Waals surface area contributed by atoms with Crippen molar-refractivity contribution < 1.29 is 4.79 Å². The molecule has 1 atom stereocenters. The molecule has 1 fully saturated rings. The van der Waals surface area contributed by atoms with Crippen molar-refractivity contribution in [3.63, 3.8) is 0 Å². The number of nitrogens with one attached hydrogen (secondary N) is 2. The van der Waals surface area contributed by atoms with Crippen LogP contribution >= 0.6 is 0 Å². The summed E-state index contributed by atoms with van der Waals surface area (Å²) in [5.74, 6) is 1.18. The van der Waals surface area contributed by atoms with E-state index in [9.17, 15) is 9.59 Å². The standard InChI is InChI=1S/C20H28N4O2/c21-13-17(14-7-2-1-3-8-14)23-19(25)12-6-11-18-22-16-10-5-4-9-15(16)20(26)24-18/h4-5,9-10,14,17H,1-3,6-8,11-13,21H2,(H,23,25)(H,22,24,26). The van der Waals surface area contributed by atoms with E-state index in [0.29, 0.717) is 48.5 Å². The molecule has 4 N–H and O–H groups in total. The summed E-state index contributed by atoms with van der Waals surface area (Å²) < 4.78 is 0. The lowest BCUT2D eigenvalue weighted by atomic mass is 9.84. The molecular weight excluding hydrogens is 328 g/mol. The molecule has 26 heavy (non-hydrogen) atoms. The van der Waals surface area contributed by atoms with E-state index in [1.807, 2.05) is 18.2 Å². The van der Waals surface area contributed by atoms with E-state index in [0.717, 1.165) is 12.8 Å². The van der Waals surface area contributed by atoms with Crippen LogP contribution in [-0.2, 0) is 11.2 Å². The van der Waals surface area contributed by atoms with Crippen molar-refractivity contribution in [1.29, 1.82) is 0 Å². The van der Waals surface area contributed by atoms with Gasteiger partial charge in [0.1, 0.15) is 5.82 Å². The summed E-state index contributed by atoms with van der Waals surface area (Å²) in [6.07, 6.45) is 7.71. The molecule has 2 aromatic rings. The van der Waals surface area contributed by atoms with Crippen molar-refractivity contribution in [2.45, 2.75) is 57.4 Å². The molecule has 0 spiro atoms. The van der Waals surface area contributed by atoms with Crippen LogP contribution < -0.4 is 16.6 Å². The predicted octanol–water partition coefficient (Wildman–Crippen LogP) is 2.27. The quantitative estimate of drug-likeness (QED) is 0.708. The van der Waals surface area contributed by atoms with Gasteiger partial charge in [-0.2, -0.15) is 0 Å². The number of aromatic amines is 1. The Kier molecular flexibility index (Phi) is 6.39. The first-order chi connectivity index (χ1) is 12.7. The van der Waals surface area contributed by atoms with Crippen molar-refractivity contribution >= 4 is 16.8 Å². The number of carbonyl (C=O) groups excluding carboxylic acids is 1. The van der Waals surface area contributed by atoms with Gasteiger partial charge >= 0.3 is 0 Å². The normalized spacial score (nSPS) is 16.5. The van der Waals surface area contributed by atoms with Crippen molar-refractivity contribution in [3.8, 4) is 0 Å². The van der Waals surface area contributed by atoms with Crippen LogP contribution in [0, 0.1) is 5.92 Å². The van der Waals surface area contributed by atoms with Crippen LogP contribution in [0.1, 0.15) is 50.8 Å². The zero-order chi connectivity index (χ0) is 18.4. The summed E-state index contributed by atoms with van der Waals surface area (Å²) in [6, 6.07) is 7.36. The largest absolute Gasteiger partial charge is 0.352 e. The number of H-pyrrole nitrogens is 1. The van der Waals surface area contributed by atoms with Crippen LogP contribution in [0.4, 0.5) is 0 Å². The van der Waals surface area contributed by atoms with Crippen LogP contribution in [-0.4, -0.2) is 28.5 Å². The minimum absolute atomic E-state index is 0.0363. The second-order valence-electron chi connectivity index (χ2n) is 7.19. The average molecular weight is 356 g/mol. The molecule has 0 saturated heterocycles. The number of aromatic nitrogens is 2. The van der Waals surface area contributed by atoms with E-state index in [4.69, 9.17) is 5.73 Å². The Balaban J connectivity index is 1.51. The number of hydrogen-bond donors (Lipinski definition) is 3. The lowest BCUT2D eigenvalue weighted by Crippen LogP contribution is -2.45. The van der Waals surface area contributed by atoms with Crippen LogP contribution in [0.3, 0.4) is 0 Å². The topological polar surface area (TPSA) is 101 Å². The molecule has 1 unspecified atom stereocenters. The molecule has 1 aliphatic rings. The van der Waals surface area contributed by atoms with E-state index < -0.39 is 0 Å². The van der Waals surface area contributed by atoms with E-state index in [1.54, 1.807) is 6.07 Å². The number of benzene rings is 1. The fourth-order valence-corrected chi connectivity index (χ4v) is 3.85. The van der Waals surface area contributed by atoms with Gasteiger partial charge in [-0.15, -0.1) is 0 Å². The Morgan fingerprint density at radius 2 is 2.04 bits per heavy atom. The van der Waals surface area contributed by atoms with Gasteiger partial charge in [0, 0.05) is 25.4 Å². The molecule has 1 aromatic carbocycles. The molecule has 0 bridgehead atoms. The van der Waals surface area contributed by atoms with Crippen LogP contribution in [0.25, 0.3) is 10.9 Å². The highest BCUT2D eigenvalue weighted by atomic mass is 16.1. The van der Waals surface area contributed by atoms with Gasteiger partial charge in [-0.25, -0.2) is 4.98 Å². The van der Waals surface area contributed by atoms with Gasteiger partial charge in [0.25, 0.3) is 5.56 Å². The van der Waals surface area contributed by atoms with Crippen LogP contribution in [0.15, 0.2) is 29.1 Å². The molecule has 6 heteroatoms. The summed E-state index contributed by atoms with van der Waals surface area (Å²) in [4.78, 5) is 31.6. The smallest absolute Gasteiger partial charge is 0.258 e. The maximum Gasteiger partial charge on any atom is 0.258 e. The first-order valence-electron chi connectivity index (χ1n) is 9.64. The summed E-state index contributed by atoms with van der Waals surface area (Å²) in [5.41, 5.74) is 6.44. The van der Waals surface area contributed by atoms with Crippen molar-refractivity contribution in [3.05, 3.63) is 40.4 Å². The Labute approximate surface area is 153 Å². The van der Waals surface area contributed by atoms with E-state index >= 15 is 0 Å². The molecule has 0 aliphatic heterocycles. The lowest BCUT2D eigenvalue weighted by molar-refractivity contribution is -0.122. The molecule has 6 nitrogen and oxygen atoms in total. The molecule has 1 heterocycles. The summed E-state index contributed by atoms with van der Waals surface area (Å²) in [6.45, 7) is 0.496. The second kappa shape index (κ2) is 8.94. The van der Waals surface area contributed by atoms with Gasteiger partial charge in [-0.3, -0.25) is 9.59 Å². The number of nitrogens with zero attached hydrogens (tertiary/aromatic N) is 1. The Morgan fingerprint density at radius 3 is 2.81 bits per heavy atom. The van der Waals surface area contributed by atoms with Crippen LogP contribution in [0.5, 0.6) is 0 Å². The summed E-state index contributed by atoms with van der Waals surface area (Å²) in [5, 5.41) is 3.70. The molecule has 0 radical (unpaired) electrons. The first-order valence-corrected chi connectivity index (χ1v) is 9.64. The van der Waals surface area contributed by atoms with E-state index in [2.05, 4.69) is 15.3 Å². The highest BCUT2D eigenvalue weighted by Gasteiger charge is 2.23. The van der Waals surface area contributed by atoms with E-state index in [1.165, 1.54) is 19.3 Å². The number of aryl methyl sites for hydroxylation is 1. The third kappa shape index (κ3) is 4.69. The molecule has 140 valence electrons. The lowest BCUT2D eigenvalue weighted by Gasteiger charge is -2.30. The molecular formula is C20H28N4O2. The Morgan fingerprint density at radius 1 is 1.27 bits per heavy atom. The number of carbonyl (C=O) groups is 1. The number of amides is 1. The van der Waals surface area contributed by atoms with Crippen molar-refractivity contribution in [2.24, 2.45) is 11.7 Å². The van der Waals surface area contributed by atoms with Gasteiger partial charge in [0.15, 0.2) is 0 Å². The number of rotatable bonds is 7. The third-order valence-corrected chi connectivity index (χ3v) is 5.30. The Bertz CT molecular complexity index is 796. The number of para-hydroxylation sites is 1. The molecule has 3 rings (SSSR count). The van der Waals surface area contributed by atoms with Gasteiger partial charge in [0.05, 0.1) is 10.9 Å². The van der Waals surface area contributed by atoms with Gasteiger partial charge in [-0.1, -0.05) is 31.4 Å². The number of fused-ring (bicyclic) bond motifs is 1. The zero-order valence-corrected chi connectivity index (χ0v) is 15.2. The van der Waals surface area contributed by atoms with Gasteiger partial charge < -0.3 is 16.0 Å². The van der Waals surface area contributed by atoms with Gasteiger partial charge in [0.2, 0.25) is 5.91 Å². The monoisotopic (exact) mass is 356 g/mol. The SMILES string of the molecule is NCC(NC(=O)CCCc1nc2ccccc2c(=O)[nH]1)C1CCCCC1. The van der Waals surface area contributed by atoms with Crippen molar-refractivity contribution in [2.75, 3.05) is 6.54 Å². The average Bonchev–Trinajstić information content (AvgIpc) is 2.67. The molecule has 1 aromatic heterocycles. The number of hydrogen-bond acceptors (Lipinski definition) is 4. The van der Waals surface area contributed by atoms with Gasteiger partial charge in [-0.05, 0) is 37.3 Å². The summed E-state index contributed by atoms with van der Waals surface area (Å²) >= 11 is 0. The maximum atomic E-state index is 12.3. The maximum absolute atomic E-state index is 12.3. The highest BCUT2D eigenvalue weighted by Crippen LogP contribution is 2.26. The Hall–Kier alpha value is -2.21. The second-order valence-corrected chi connectivity index (χ2v) is 7.19. The molecule has 1 saturated carbocycles. The summed E-state index contributed by atoms with van der Waals surface area (Å²) in [7, 11) is 0. The first kappa shape index (κ1) is 18.6. The van der Waals surface area contributed by atoms with E-state index in [-0.39, 0.29) is 17.5 Å². The minimum Gasteiger partial charge on any atom is -0.352 e. The number of nitrogens with two attached hydrogens (primary N) is 1.